The molecular formula is C19H24Cl2N4O. The molecule has 0 spiro atoms. The number of benzene rings is 1. The van der Waals surface area contributed by atoms with Crippen molar-refractivity contribution < 1.29 is 4.79 Å². The van der Waals surface area contributed by atoms with Crippen molar-refractivity contribution >= 4 is 36.4 Å². The van der Waals surface area contributed by atoms with E-state index in [2.05, 4.69) is 21.7 Å². The Morgan fingerprint density at radius 2 is 2.04 bits per heavy atom. The van der Waals surface area contributed by atoms with Crippen molar-refractivity contribution in [2.75, 3.05) is 31.5 Å². The summed E-state index contributed by atoms with van der Waals surface area (Å²) in [5, 5.41) is 6.81. The average molecular weight is 395 g/mol. The summed E-state index contributed by atoms with van der Waals surface area (Å²) in [5.41, 5.74) is 4.20. The molecule has 0 aliphatic carbocycles. The number of rotatable bonds is 2. The van der Waals surface area contributed by atoms with Gasteiger partial charge in [0.2, 0.25) is 0 Å². The van der Waals surface area contributed by atoms with E-state index in [4.69, 9.17) is 0 Å². The summed E-state index contributed by atoms with van der Waals surface area (Å²) in [7, 11) is 0. The van der Waals surface area contributed by atoms with Crippen LogP contribution in [0, 0.1) is 0 Å². The maximum atomic E-state index is 13.3. The van der Waals surface area contributed by atoms with Gasteiger partial charge >= 0.3 is 0 Å². The van der Waals surface area contributed by atoms with Gasteiger partial charge in [0.1, 0.15) is 0 Å². The number of carbonyl (C=O) groups excluding carboxylic acids is 1. The van der Waals surface area contributed by atoms with Crippen molar-refractivity contribution in [2.45, 2.75) is 18.9 Å². The number of amides is 1. The molecule has 2 N–H and O–H groups in total. The molecule has 2 aliphatic rings. The Kier molecular flexibility index (Phi) is 7.26. The second-order valence-electron chi connectivity index (χ2n) is 6.37. The van der Waals surface area contributed by atoms with Crippen LogP contribution in [-0.2, 0) is 6.42 Å². The fourth-order valence-electron chi connectivity index (χ4n) is 3.68. The van der Waals surface area contributed by atoms with Crippen LogP contribution >= 0.6 is 24.8 Å². The van der Waals surface area contributed by atoms with Gasteiger partial charge in [-0.1, -0.05) is 12.1 Å². The average Bonchev–Trinajstić information content (AvgIpc) is 2.68. The molecule has 4 rings (SSSR count). The Hall–Kier alpha value is -1.82. The number of pyridine rings is 1. The first-order valence-electron chi connectivity index (χ1n) is 8.62. The van der Waals surface area contributed by atoms with Crippen molar-refractivity contribution in [3.63, 3.8) is 0 Å². The van der Waals surface area contributed by atoms with E-state index in [1.54, 1.807) is 6.20 Å². The van der Waals surface area contributed by atoms with Crippen molar-refractivity contribution in [2.24, 2.45) is 0 Å². The molecule has 0 saturated carbocycles. The number of fused-ring (bicyclic) bond motifs is 1. The summed E-state index contributed by atoms with van der Waals surface area (Å²) < 4.78 is 0. The summed E-state index contributed by atoms with van der Waals surface area (Å²) in [5.74, 6) is 0.130. The Morgan fingerprint density at radius 3 is 2.85 bits per heavy atom. The second-order valence-corrected chi connectivity index (χ2v) is 6.37. The van der Waals surface area contributed by atoms with Gasteiger partial charge in [0, 0.05) is 49.8 Å². The van der Waals surface area contributed by atoms with Gasteiger partial charge in [-0.25, -0.2) is 0 Å². The van der Waals surface area contributed by atoms with Crippen LogP contribution in [0.25, 0.3) is 0 Å². The van der Waals surface area contributed by atoms with Gasteiger partial charge in [-0.3, -0.25) is 9.78 Å². The molecular weight excluding hydrogens is 371 g/mol. The van der Waals surface area contributed by atoms with E-state index in [9.17, 15) is 4.79 Å². The first kappa shape index (κ1) is 20.5. The lowest BCUT2D eigenvalue weighted by Crippen LogP contribution is -2.49. The minimum absolute atomic E-state index is 0. The lowest BCUT2D eigenvalue weighted by atomic mass is 9.95. The quantitative estimate of drug-likeness (QED) is 0.821. The summed E-state index contributed by atoms with van der Waals surface area (Å²) in [6.45, 7) is 3.30. The highest BCUT2D eigenvalue weighted by molar-refractivity contribution is 5.97. The van der Waals surface area contributed by atoms with E-state index in [-0.39, 0.29) is 36.8 Å². The van der Waals surface area contributed by atoms with Gasteiger partial charge < -0.3 is 15.5 Å². The number of hydrogen-bond acceptors (Lipinski definition) is 4. The molecule has 1 aromatic heterocycles. The molecule has 0 radical (unpaired) electrons. The molecule has 1 saturated heterocycles. The predicted molar refractivity (Wildman–Crippen MR) is 109 cm³/mol. The van der Waals surface area contributed by atoms with Crippen LogP contribution in [0.15, 0.2) is 42.7 Å². The van der Waals surface area contributed by atoms with Crippen LogP contribution in [0.5, 0.6) is 0 Å². The van der Waals surface area contributed by atoms with Crippen LogP contribution in [0.3, 0.4) is 0 Å². The molecule has 1 amide bonds. The van der Waals surface area contributed by atoms with Crippen molar-refractivity contribution in [3.05, 3.63) is 59.4 Å². The fraction of sp³-hybridized carbons (Fsp3) is 0.368. The van der Waals surface area contributed by atoms with E-state index in [1.807, 2.05) is 35.4 Å². The Labute approximate surface area is 166 Å². The van der Waals surface area contributed by atoms with Crippen molar-refractivity contribution in [1.29, 1.82) is 0 Å². The Bertz CT molecular complexity index is 742. The number of nitrogens with one attached hydrogen (secondary N) is 2. The van der Waals surface area contributed by atoms with Gasteiger partial charge in [-0.05, 0) is 42.2 Å². The predicted octanol–water partition coefficient (Wildman–Crippen LogP) is 3.07. The fourth-order valence-corrected chi connectivity index (χ4v) is 3.68. The summed E-state index contributed by atoms with van der Waals surface area (Å²) in [6, 6.07) is 10.0. The number of carbonyl (C=O) groups is 1. The molecule has 7 heteroatoms. The van der Waals surface area contributed by atoms with Gasteiger partial charge in [0.25, 0.3) is 5.91 Å². The first-order valence-corrected chi connectivity index (χ1v) is 8.62. The minimum atomic E-state index is 0. The van der Waals surface area contributed by atoms with Crippen LogP contribution in [0.1, 0.15) is 33.9 Å². The highest BCUT2D eigenvalue weighted by Crippen LogP contribution is 2.29. The third-order valence-electron chi connectivity index (χ3n) is 4.90. The van der Waals surface area contributed by atoms with Crippen LogP contribution < -0.4 is 10.6 Å². The second kappa shape index (κ2) is 9.21. The molecule has 1 unspecified atom stereocenters. The molecule has 0 bridgehead atoms. The monoisotopic (exact) mass is 394 g/mol. The molecule has 3 heterocycles. The van der Waals surface area contributed by atoms with E-state index >= 15 is 0 Å². The minimum Gasteiger partial charge on any atom is -0.385 e. The highest BCUT2D eigenvalue weighted by atomic mass is 35.5. The molecule has 1 aromatic carbocycles. The Morgan fingerprint density at radius 1 is 1.15 bits per heavy atom. The zero-order valence-corrected chi connectivity index (χ0v) is 16.1. The van der Waals surface area contributed by atoms with Gasteiger partial charge in [0.15, 0.2) is 0 Å². The van der Waals surface area contributed by atoms with Crippen LogP contribution in [0.4, 0.5) is 5.69 Å². The molecule has 1 atom stereocenters. The molecule has 5 nitrogen and oxygen atoms in total. The van der Waals surface area contributed by atoms with E-state index in [0.29, 0.717) is 0 Å². The smallest absolute Gasteiger partial charge is 0.254 e. The first-order chi connectivity index (χ1) is 11.8. The van der Waals surface area contributed by atoms with E-state index in [1.165, 1.54) is 0 Å². The Balaban J connectivity index is 0.00000121. The molecule has 2 aliphatic heterocycles. The van der Waals surface area contributed by atoms with E-state index in [0.717, 1.165) is 61.4 Å². The topological polar surface area (TPSA) is 57.3 Å². The molecule has 26 heavy (non-hydrogen) atoms. The molecule has 1 fully saturated rings. The highest BCUT2D eigenvalue weighted by Gasteiger charge is 2.30. The number of anilines is 1. The largest absolute Gasteiger partial charge is 0.385 e. The third-order valence-corrected chi connectivity index (χ3v) is 4.90. The zero-order valence-electron chi connectivity index (χ0n) is 14.5. The lowest BCUT2D eigenvalue weighted by Gasteiger charge is -2.37. The zero-order chi connectivity index (χ0) is 16.4. The van der Waals surface area contributed by atoms with Crippen molar-refractivity contribution in [3.8, 4) is 0 Å². The summed E-state index contributed by atoms with van der Waals surface area (Å²) in [6.07, 6.45) is 5.67. The SMILES string of the molecule is Cl.Cl.O=C(c1cccc2c1CCCN2)N1CCNCC1c1cccnc1. The standard InChI is InChI=1S/C19H22N4O.2ClH/c24-19(16-5-1-7-17-15(16)6-3-9-22-17)23-11-10-21-13-18(23)14-4-2-8-20-12-14;;/h1-2,4-5,7-8,12,18,21-22H,3,6,9-11,13H2;2*1H. The maximum Gasteiger partial charge on any atom is 0.254 e. The van der Waals surface area contributed by atoms with Crippen molar-refractivity contribution in [1.82, 2.24) is 15.2 Å². The van der Waals surface area contributed by atoms with Crippen LogP contribution in [0.2, 0.25) is 0 Å². The number of piperazine rings is 1. The number of halogens is 2. The van der Waals surface area contributed by atoms with Gasteiger partial charge in [-0.15, -0.1) is 24.8 Å². The maximum absolute atomic E-state index is 13.3. The van der Waals surface area contributed by atoms with Gasteiger partial charge in [0.05, 0.1) is 6.04 Å². The van der Waals surface area contributed by atoms with E-state index < -0.39 is 0 Å². The van der Waals surface area contributed by atoms with Crippen LogP contribution in [-0.4, -0.2) is 42.0 Å². The molecule has 140 valence electrons. The van der Waals surface area contributed by atoms with Gasteiger partial charge in [-0.2, -0.15) is 0 Å². The number of aromatic nitrogens is 1. The third kappa shape index (κ3) is 3.95. The summed E-state index contributed by atoms with van der Waals surface area (Å²) in [4.78, 5) is 19.5. The number of nitrogens with zero attached hydrogens (tertiary/aromatic N) is 2. The molecule has 2 aromatic rings. The number of hydrogen-bond donors (Lipinski definition) is 2. The summed E-state index contributed by atoms with van der Waals surface area (Å²) >= 11 is 0. The lowest BCUT2D eigenvalue weighted by molar-refractivity contribution is 0.0633. The normalized spacial score (nSPS) is 18.6.